The van der Waals surface area contributed by atoms with Crippen LogP contribution in [0.1, 0.15) is 38.2 Å². The van der Waals surface area contributed by atoms with Crippen molar-refractivity contribution in [1.82, 2.24) is 15.2 Å². The summed E-state index contributed by atoms with van der Waals surface area (Å²) >= 11 is 0. The number of rotatable bonds is 7. The molecule has 1 aliphatic rings. The molecule has 0 aromatic carbocycles. The molecule has 2 rings (SSSR count). The molecule has 1 atom stereocenters. The molecule has 3 nitrogen and oxygen atoms in total. The molecule has 1 N–H and O–H groups in total. The third-order valence-corrected chi connectivity index (χ3v) is 3.90. The Balaban J connectivity index is 1.78. The van der Waals surface area contributed by atoms with E-state index < -0.39 is 0 Å². The normalized spacial score (nSPS) is 19.8. The highest BCUT2D eigenvalue weighted by molar-refractivity contribution is 5.09. The summed E-state index contributed by atoms with van der Waals surface area (Å²) in [7, 11) is 0. The molecule has 19 heavy (non-hydrogen) atoms. The minimum absolute atomic E-state index is 0.706. The van der Waals surface area contributed by atoms with Crippen LogP contribution in [0.25, 0.3) is 0 Å². The first-order chi connectivity index (χ1) is 9.38. The molecule has 0 spiro atoms. The zero-order valence-corrected chi connectivity index (χ0v) is 12.1. The van der Waals surface area contributed by atoms with Gasteiger partial charge in [-0.25, -0.2) is 0 Å². The molecular formula is C16H27N3. The lowest BCUT2D eigenvalue weighted by atomic mass is 10.0. The van der Waals surface area contributed by atoms with Crippen molar-refractivity contribution in [2.24, 2.45) is 0 Å². The number of nitrogens with one attached hydrogen (secondary N) is 1. The molecule has 0 bridgehead atoms. The van der Waals surface area contributed by atoms with Gasteiger partial charge in [0.15, 0.2) is 0 Å². The third kappa shape index (κ3) is 5.29. The molecule has 0 amide bonds. The van der Waals surface area contributed by atoms with E-state index >= 15 is 0 Å². The molecule has 2 heterocycles. The first kappa shape index (κ1) is 14.5. The van der Waals surface area contributed by atoms with Gasteiger partial charge in [-0.3, -0.25) is 4.98 Å². The Hall–Kier alpha value is -0.930. The van der Waals surface area contributed by atoms with Crippen molar-refractivity contribution in [1.29, 1.82) is 0 Å². The molecule has 1 aromatic heterocycles. The molecule has 1 aromatic rings. The summed E-state index contributed by atoms with van der Waals surface area (Å²) in [4.78, 5) is 6.69. The second kappa shape index (κ2) is 8.28. The van der Waals surface area contributed by atoms with Crippen LogP contribution in [0.4, 0.5) is 0 Å². The summed E-state index contributed by atoms with van der Waals surface area (Å²) in [6, 6.07) is 4.96. The van der Waals surface area contributed by atoms with E-state index in [-0.39, 0.29) is 0 Å². The van der Waals surface area contributed by atoms with Crippen molar-refractivity contribution in [2.45, 2.75) is 45.1 Å². The van der Waals surface area contributed by atoms with Gasteiger partial charge in [0.2, 0.25) is 0 Å². The average molecular weight is 261 g/mol. The van der Waals surface area contributed by atoms with Gasteiger partial charge in [0.25, 0.3) is 0 Å². The quantitative estimate of drug-likeness (QED) is 0.817. The van der Waals surface area contributed by atoms with E-state index in [0.29, 0.717) is 6.04 Å². The van der Waals surface area contributed by atoms with E-state index in [0.717, 1.165) is 13.0 Å². The Morgan fingerprint density at radius 2 is 2.11 bits per heavy atom. The van der Waals surface area contributed by atoms with Crippen LogP contribution in [0.5, 0.6) is 0 Å². The van der Waals surface area contributed by atoms with Crippen molar-refractivity contribution < 1.29 is 0 Å². The molecule has 0 radical (unpaired) electrons. The minimum Gasteiger partial charge on any atom is -0.313 e. The predicted molar refractivity (Wildman–Crippen MR) is 80.3 cm³/mol. The Morgan fingerprint density at radius 1 is 1.26 bits per heavy atom. The molecule has 106 valence electrons. The van der Waals surface area contributed by atoms with Crippen molar-refractivity contribution >= 4 is 0 Å². The van der Waals surface area contributed by atoms with Gasteiger partial charge >= 0.3 is 0 Å². The number of hydrogen-bond acceptors (Lipinski definition) is 3. The van der Waals surface area contributed by atoms with Crippen LogP contribution >= 0.6 is 0 Å². The Morgan fingerprint density at radius 3 is 2.79 bits per heavy atom. The maximum absolute atomic E-state index is 4.08. The van der Waals surface area contributed by atoms with Crippen molar-refractivity contribution in [3.8, 4) is 0 Å². The van der Waals surface area contributed by atoms with Gasteiger partial charge in [0.1, 0.15) is 0 Å². The van der Waals surface area contributed by atoms with E-state index in [4.69, 9.17) is 0 Å². The highest BCUT2D eigenvalue weighted by Crippen LogP contribution is 2.09. The Kier molecular flexibility index (Phi) is 6.31. The monoisotopic (exact) mass is 261 g/mol. The highest BCUT2D eigenvalue weighted by Gasteiger charge is 2.15. The number of hydrogen-bond donors (Lipinski definition) is 1. The summed E-state index contributed by atoms with van der Waals surface area (Å²) in [6.07, 6.45) is 10.2. The lowest BCUT2D eigenvalue weighted by molar-refractivity contribution is 0.226. The van der Waals surface area contributed by atoms with E-state index in [1.54, 1.807) is 0 Å². The molecule has 3 heteroatoms. The van der Waals surface area contributed by atoms with Crippen LogP contribution < -0.4 is 5.32 Å². The lowest BCUT2D eigenvalue weighted by Crippen LogP contribution is -2.44. The number of pyridine rings is 1. The maximum Gasteiger partial charge on any atom is 0.0270 e. The van der Waals surface area contributed by atoms with Crippen LogP contribution in [0, 0.1) is 0 Å². The van der Waals surface area contributed by atoms with Gasteiger partial charge < -0.3 is 10.2 Å². The average Bonchev–Trinajstić information content (AvgIpc) is 2.47. The maximum atomic E-state index is 4.08. The van der Waals surface area contributed by atoms with Gasteiger partial charge in [-0.2, -0.15) is 0 Å². The first-order valence-electron chi connectivity index (χ1n) is 7.73. The fourth-order valence-electron chi connectivity index (χ4n) is 2.84. The smallest absolute Gasteiger partial charge is 0.0270 e. The van der Waals surface area contributed by atoms with Crippen LogP contribution in [0.2, 0.25) is 0 Å². The summed E-state index contributed by atoms with van der Waals surface area (Å²) in [5.74, 6) is 0. The van der Waals surface area contributed by atoms with E-state index in [1.807, 2.05) is 12.4 Å². The molecular weight excluding hydrogens is 234 g/mol. The zero-order chi connectivity index (χ0) is 13.3. The van der Waals surface area contributed by atoms with Gasteiger partial charge in [0, 0.05) is 31.5 Å². The van der Waals surface area contributed by atoms with E-state index in [1.165, 1.54) is 50.9 Å². The Bertz CT molecular complexity index is 333. The van der Waals surface area contributed by atoms with Crippen molar-refractivity contribution in [3.05, 3.63) is 30.1 Å². The second-order valence-corrected chi connectivity index (χ2v) is 5.55. The van der Waals surface area contributed by atoms with Crippen LogP contribution in [-0.4, -0.2) is 42.1 Å². The number of aromatic nitrogens is 1. The number of piperidine rings is 1. The topological polar surface area (TPSA) is 28.2 Å². The van der Waals surface area contributed by atoms with Gasteiger partial charge in [-0.05, 0) is 56.5 Å². The second-order valence-electron chi connectivity index (χ2n) is 5.55. The molecule has 1 aliphatic heterocycles. The summed E-state index contributed by atoms with van der Waals surface area (Å²) in [5.41, 5.74) is 1.40. The lowest BCUT2D eigenvalue weighted by Gasteiger charge is -2.30. The molecule has 0 aliphatic carbocycles. The van der Waals surface area contributed by atoms with E-state index in [2.05, 4.69) is 34.3 Å². The summed E-state index contributed by atoms with van der Waals surface area (Å²) in [5, 5.41) is 3.65. The Labute approximate surface area is 117 Å². The third-order valence-electron chi connectivity index (χ3n) is 3.90. The molecule has 0 saturated carbocycles. The fourth-order valence-corrected chi connectivity index (χ4v) is 2.84. The largest absolute Gasteiger partial charge is 0.313 e. The highest BCUT2D eigenvalue weighted by atomic mass is 15.1. The summed E-state index contributed by atoms with van der Waals surface area (Å²) < 4.78 is 0. The number of nitrogens with zero attached hydrogens (tertiary/aromatic N) is 2. The first-order valence-corrected chi connectivity index (χ1v) is 7.73. The van der Waals surface area contributed by atoms with Crippen molar-refractivity contribution in [2.75, 3.05) is 26.2 Å². The van der Waals surface area contributed by atoms with Gasteiger partial charge in [-0.1, -0.05) is 13.3 Å². The van der Waals surface area contributed by atoms with Gasteiger partial charge in [-0.15, -0.1) is 0 Å². The van der Waals surface area contributed by atoms with Crippen LogP contribution in [0.3, 0.4) is 0 Å². The van der Waals surface area contributed by atoms with Crippen LogP contribution in [0.15, 0.2) is 24.5 Å². The molecule has 1 fully saturated rings. The summed E-state index contributed by atoms with van der Waals surface area (Å²) in [6.45, 7) is 7.06. The van der Waals surface area contributed by atoms with Gasteiger partial charge in [0.05, 0.1) is 0 Å². The van der Waals surface area contributed by atoms with Crippen LogP contribution in [-0.2, 0) is 6.42 Å². The zero-order valence-electron chi connectivity index (χ0n) is 12.1. The van der Waals surface area contributed by atoms with E-state index in [9.17, 15) is 0 Å². The fraction of sp³-hybridized carbons (Fsp3) is 0.688. The minimum atomic E-state index is 0.706. The molecule has 1 saturated heterocycles. The SMILES string of the molecule is CCCN(CCc1ccncc1)CC1CCCCN1. The standard InChI is InChI=1S/C16H27N3/c1-2-12-19(14-16-5-3-4-9-18-16)13-8-15-6-10-17-11-7-15/h6-7,10-11,16,18H,2-5,8-9,12-14H2,1H3. The predicted octanol–water partition coefficient (Wildman–Crippen LogP) is 2.48. The van der Waals surface area contributed by atoms with Crippen molar-refractivity contribution in [3.63, 3.8) is 0 Å². The molecule has 1 unspecified atom stereocenters.